The van der Waals surface area contributed by atoms with Gasteiger partial charge in [-0.05, 0) is 54.4 Å². The Morgan fingerprint density at radius 3 is 2.50 bits per heavy atom. The topological polar surface area (TPSA) is 42.0 Å². The Morgan fingerprint density at radius 1 is 1.08 bits per heavy atom. The molecule has 0 radical (unpaired) electrons. The van der Waals surface area contributed by atoms with Crippen LogP contribution < -0.4 is 5.32 Å². The van der Waals surface area contributed by atoms with Crippen LogP contribution in [0.5, 0.6) is 0 Å². The van der Waals surface area contributed by atoms with Crippen molar-refractivity contribution in [1.82, 2.24) is 4.98 Å². The van der Waals surface area contributed by atoms with E-state index >= 15 is 0 Å². The number of halogens is 3. The van der Waals surface area contributed by atoms with Gasteiger partial charge in [0.25, 0.3) is 0 Å². The maximum atomic E-state index is 13.9. The van der Waals surface area contributed by atoms with Crippen molar-refractivity contribution in [3.8, 4) is 11.1 Å². The molecule has 2 aromatic carbocycles. The highest BCUT2D eigenvalue weighted by Gasteiger charge is 2.16. The van der Waals surface area contributed by atoms with E-state index in [9.17, 15) is 13.6 Å². The monoisotopic (exact) mass is 372 g/mol. The molecule has 0 bridgehead atoms. The second kappa shape index (κ2) is 7.62. The summed E-state index contributed by atoms with van der Waals surface area (Å²) in [6, 6.07) is 13.2. The lowest BCUT2D eigenvalue weighted by Crippen LogP contribution is -2.16. The summed E-state index contributed by atoms with van der Waals surface area (Å²) < 4.78 is 27.6. The minimum atomic E-state index is -0.912. The highest BCUT2D eigenvalue weighted by Crippen LogP contribution is 2.23. The zero-order valence-corrected chi connectivity index (χ0v) is 14.6. The van der Waals surface area contributed by atoms with E-state index in [1.807, 2.05) is 31.2 Å². The van der Waals surface area contributed by atoms with Crippen molar-refractivity contribution in [2.45, 2.75) is 13.3 Å². The second-order valence-electron chi connectivity index (χ2n) is 5.81. The second-order valence-corrected chi connectivity index (χ2v) is 6.22. The third-order valence-electron chi connectivity index (χ3n) is 3.87. The molecule has 0 fully saturated rings. The fourth-order valence-electron chi connectivity index (χ4n) is 2.57. The number of amides is 1. The van der Waals surface area contributed by atoms with Crippen LogP contribution in [-0.4, -0.2) is 10.9 Å². The third-order valence-corrected chi connectivity index (χ3v) is 4.17. The molecule has 0 aliphatic heterocycles. The molecule has 1 N–H and O–H groups in total. The van der Waals surface area contributed by atoms with Crippen LogP contribution in [-0.2, 0) is 11.2 Å². The zero-order chi connectivity index (χ0) is 18.7. The zero-order valence-electron chi connectivity index (χ0n) is 13.9. The van der Waals surface area contributed by atoms with Crippen molar-refractivity contribution in [3.05, 3.63) is 82.6 Å². The minimum absolute atomic E-state index is 0.216. The molecule has 0 saturated heterocycles. The molecule has 1 aromatic heterocycles. The molecular formula is C20H15ClF2N2O. The summed E-state index contributed by atoms with van der Waals surface area (Å²) in [4.78, 5) is 16.3. The van der Waals surface area contributed by atoms with E-state index in [1.54, 1.807) is 18.3 Å². The van der Waals surface area contributed by atoms with E-state index in [4.69, 9.17) is 11.6 Å². The fourth-order valence-corrected chi connectivity index (χ4v) is 2.75. The summed E-state index contributed by atoms with van der Waals surface area (Å²) in [6.07, 6.45) is 1.29. The number of benzene rings is 2. The number of nitrogens with one attached hydrogen (secondary N) is 1. The molecule has 0 aliphatic rings. The molecule has 0 atom stereocenters. The Hall–Kier alpha value is -2.79. The van der Waals surface area contributed by atoms with E-state index in [2.05, 4.69) is 10.3 Å². The van der Waals surface area contributed by atoms with Crippen LogP contribution >= 0.6 is 11.6 Å². The molecule has 3 nitrogen and oxygen atoms in total. The molecule has 132 valence electrons. The Morgan fingerprint density at radius 2 is 1.81 bits per heavy atom. The molecule has 0 saturated carbocycles. The lowest BCUT2D eigenvalue weighted by Gasteiger charge is -2.09. The van der Waals surface area contributed by atoms with E-state index in [0.29, 0.717) is 5.69 Å². The molecular weight excluding hydrogens is 358 g/mol. The molecule has 6 heteroatoms. The van der Waals surface area contributed by atoms with Gasteiger partial charge in [0.1, 0.15) is 11.6 Å². The van der Waals surface area contributed by atoms with Crippen LogP contribution in [0.15, 0.2) is 54.7 Å². The number of hydrogen-bond acceptors (Lipinski definition) is 2. The van der Waals surface area contributed by atoms with E-state index in [0.717, 1.165) is 29.0 Å². The average molecular weight is 373 g/mol. The molecule has 3 rings (SSSR count). The van der Waals surface area contributed by atoms with Gasteiger partial charge in [0, 0.05) is 23.1 Å². The van der Waals surface area contributed by atoms with Crippen LogP contribution in [0.2, 0.25) is 5.02 Å². The van der Waals surface area contributed by atoms with E-state index in [-0.39, 0.29) is 10.6 Å². The average Bonchev–Trinajstić information content (AvgIpc) is 2.63. The standard InChI is InChI=1S/C20H15ClF2N2O/c1-12-10-14(8-9-24-12)13-2-4-15(5-3-13)25-19(26)11-16-18(22)7-6-17(21)20(16)23/h2-10H,11H2,1H3,(H,25,26). The number of hydrogen-bond donors (Lipinski definition) is 1. The maximum absolute atomic E-state index is 13.9. The number of rotatable bonds is 4. The van der Waals surface area contributed by atoms with Crippen LogP contribution in [0.4, 0.5) is 14.5 Å². The summed E-state index contributed by atoms with van der Waals surface area (Å²) in [7, 11) is 0. The summed E-state index contributed by atoms with van der Waals surface area (Å²) in [5.74, 6) is -2.24. The Kier molecular flexibility index (Phi) is 5.28. The first-order valence-electron chi connectivity index (χ1n) is 7.89. The number of aromatic nitrogens is 1. The van der Waals surface area contributed by atoms with Crippen LogP contribution in [0.3, 0.4) is 0 Å². The normalized spacial score (nSPS) is 10.6. The molecule has 0 unspecified atom stereocenters. The minimum Gasteiger partial charge on any atom is -0.326 e. The molecule has 0 aliphatic carbocycles. The van der Waals surface area contributed by atoms with Crippen molar-refractivity contribution < 1.29 is 13.6 Å². The van der Waals surface area contributed by atoms with Gasteiger partial charge in [-0.1, -0.05) is 23.7 Å². The van der Waals surface area contributed by atoms with Crippen LogP contribution in [0.25, 0.3) is 11.1 Å². The van der Waals surface area contributed by atoms with Gasteiger partial charge in [-0.15, -0.1) is 0 Å². The van der Waals surface area contributed by atoms with Crippen molar-refractivity contribution >= 4 is 23.2 Å². The molecule has 1 heterocycles. The number of carbonyl (C=O) groups is 1. The highest BCUT2D eigenvalue weighted by molar-refractivity contribution is 6.30. The van der Waals surface area contributed by atoms with Gasteiger partial charge < -0.3 is 5.32 Å². The maximum Gasteiger partial charge on any atom is 0.229 e. The largest absolute Gasteiger partial charge is 0.326 e. The van der Waals surface area contributed by atoms with Crippen LogP contribution in [0.1, 0.15) is 11.3 Å². The first-order valence-corrected chi connectivity index (χ1v) is 8.27. The van der Waals surface area contributed by atoms with Gasteiger partial charge in [0.05, 0.1) is 11.4 Å². The fraction of sp³-hybridized carbons (Fsp3) is 0.100. The molecule has 0 spiro atoms. The number of nitrogens with zero attached hydrogens (tertiary/aromatic N) is 1. The van der Waals surface area contributed by atoms with Gasteiger partial charge in [-0.25, -0.2) is 8.78 Å². The number of pyridine rings is 1. The quantitative estimate of drug-likeness (QED) is 0.642. The molecule has 3 aromatic rings. The van der Waals surface area contributed by atoms with E-state index < -0.39 is 24.0 Å². The molecule has 1 amide bonds. The van der Waals surface area contributed by atoms with E-state index in [1.165, 1.54) is 0 Å². The summed E-state index contributed by atoms with van der Waals surface area (Å²) in [5.41, 5.74) is 3.08. The lowest BCUT2D eigenvalue weighted by atomic mass is 10.1. The van der Waals surface area contributed by atoms with Gasteiger partial charge in [-0.3, -0.25) is 9.78 Å². The number of aryl methyl sites for hydroxylation is 1. The van der Waals surface area contributed by atoms with Crippen molar-refractivity contribution in [2.75, 3.05) is 5.32 Å². The van der Waals surface area contributed by atoms with Crippen molar-refractivity contribution in [1.29, 1.82) is 0 Å². The van der Waals surface area contributed by atoms with Gasteiger partial charge in [-0.2, -0.15) is 0 Å². The number of carbonyl (C=O) groups excluding carboxylic acids is 1. The Labute approximate surface area is 154 Å². The summed E-state index contributed by atoms with van der Waals surface area (Å²) in [6.45, 7) is 1.91. The lowest BCUT2D eigenvalue weighted by molar-refractivity contribution is -0.115. The predicted molar refractivity (Wildman–Crippen MR) is 98.1 cm³/mol. The van der Waals surface area contributed by atoms with Crippen molar-refractivity contribution in [2.24, 2.45) is 0 Å². The summed E-state index contributed by atoms with van der Waals surface area (Å²) in [5, 5.41) is 2.41. The van der Waals surface area contributed by atoms with Gasteiger partial charge in [0.15, 0.2) is 0 Å². The third kappa shape index (κ3) is 4.06. The Bertz CT molecular complexity index is 959. The first kappa shape index (κ1) is 18.0. The predicted octanol–water partition coefficient (Wildman–Crippen LogP) is 5.17. The van der Waals surface area contributed by atoms with Crippen LogP contribution in [0, 0.1) is 18.6 Å². The van der Waals surface area contributed by atoms with Gasteiger partial charge >= 0.3 is 0 Å². The summed E-state index contributed by atoms with van der Waals surface area (Å²) >= 11 is 5.64. The molecule has 26 heavy (non-hydrogen) atoms. The number of anilines is 1. The highest BCUT2D eigenvalue weighted by atomic mass is 35.5. The Balaban J connectivity index is 1.72. The van der Waals surface area contributed by atoms with Gasteiger partial charge in [0.2, 0.25) is 5.91 Å². The smallest absolute Gasteiger partial charge is 0.229 e. The van der Waals surface area contributed by atoms with Crippen molar-refractivity contribution in [3.63, 3.8) is 0 Å². The SMILES string of the molecule is Cc1cc(-c2ccc(NC(=O)Cc3c(F)ccc(Cl)c3F)cc2)ccn1. The first-order chi connectivity index (χ1) is 12.4.